The third kappa shape index (κ3) is 9.06. The van der Waals surface area contributed by atoms with E-state index in [1.54, 1.807) is 20.9 Å². The molecule has 0 bridgehead atoms. The van der Waals surface area contributed by atoms with E-state index in [1.165, 1.54) is 0 Å². The number of para-hydroxylation sites is 1. The van der Waals surface area contributed by atoms with Gasteiger partial charge in [-0.1, -0.05) is 24.3 Å². The molecule has 52 heavy (non-hydrogen) atoms. The van der Waals surface area contributed by atoms with Crippen molar-refractivity contribution in [1.82, 2.24) is 29.5 Å². The van der Waals surface area contributed by atoms with Crippen molar-refractivity contribution in [2.24, 2.45) is 0 Å². The first-order chi connectivity index (χ1) is 24.8. The highest BCUT2D eigenvalue weighted by Gasteiger charge is 2.37. The molecule has 5 amide bonds. The summed E-state index contributed by atoms with van der Waals surface area (Å²) in [7, 11) is 0. The van der Waals surface area contributed by atoms with Gasteiger partial charge in [-0.2, -0.15) is 0 Å². The van der Waals surface area contributed by atoms with Crippen LogP contribution in [0, 0.1) is 6.92 Å². The van der Waals surface area contributed by atoms with Crippen molar-refractivity contribution in [2.75, 3.05) is 70.0 Å². The van der Waals surface area contributed by atoms with Gasteiger partial charge in [-0.15, -0.1) is 0 Å². The van der Waals surface area contributed by atoms with Crippen molar-refractivity contribution in [3.05, 3.63) is 53.2 Å². The molecule has 6 rings (SSSR count). The number of likely N-dealkylation sites (tertiary alicyclic amines) is 2. The van der Waals surface area contributed by atoms with Crippen LogP contribution in [-0.4, -0.2) is 136 Å². The number of pyridine rings is 1. The fourth-order valence-corrected chi connectivity index (χ4v) is 7.69. The third-order valence-corrected chi connectivity index (χ3v) is 10.7. The predicted molar refractivity (Wildman–Crippen MR) is 197 cm³/mol. The van der Waals surface area contributed by atoms with Crippen molar-refractivity contribution in [2.45, 2.75) is 90.0 Å². The van der Waals surface area contributed by atoms with Gasteiger partial charge < -0.3 is 40.1 Å². The van der Waals surface area contributed by atoms with Crippen LogP contribution in [0.25, 0.3) is 0 Å². The highest BCUT2D eigenvalue weighted by Crippen LogP contribution is 2.26. The van der Waals surface area contributed by atoms with E-state index in [-0.39, 0.29) is 30.5 Å². The summed E-state index contributed by atoms with van der Waals surface area (Å²) in [5, 5.41) is 3.04. The maximum atomic E-state index is 14.1. The largest absolute Gasteiger partial charge is 0.444 e. The zero-order valence-electron chi connectivity index (χ0n) is 31.0. The van der Waals surface area contributed by atoms with Crippen LogP contribution in [0.3, 0.4) is 0 Å². The Morgan fingerprint density at radius 1 is 0.885 bits per heavy atom. The number of aromatic nitrogens is 1. The fraction of sp³-hybridized carbons (Fsp3) is 0.605. The van der Waals surface area contributed by atoms with Crippen LogP contribution in [0.4, 0.5) is 25.9 Å². The molecule has 0 saturated carbocycles. The first-order valence-electron chi connectivity index (χ1n) is 18.7. The Hall–Kier alpha value is -4.59. The van der Waals surface area contributed by atoms with Crippen molar-refractivity contribution in [3.63, 3.8) is 0 Å². The van der Waals surface area contributed by atoms with E-state index in [2.05, 4.69) is 15.2 Å². The first kappa shape index (κ1) is 37.2. The Balaban J connectivity index is 1.03. The van der Waals surface area contributed by atoms with Gasteiger partial charge in [0.2, 0.25) is 0 Å². The topological polar surface area (TPSA) is 154 Å². The zero-order valence-corrected chi connectivity index (χ0v) is 31.0. The molecule has 1 aromatic heterocycles. The quantitative estimate of drug-likeness (QED) is 0.449. The van der Waals surface area contributed by atoms with E-state index in [0.717, 1.165) is 41.6 Å². The van der Waals surface area contributed by atoms with Gasteiger partial charge in [0.05, 0.1) is 0 Å². The maximum absolute atomic E-state index is 14.1. The van der Waals surface area contributed by atoms with Gasteiger partial charge >= 0.3 is 18.2 Å². The van der Waals surface area contributed by atoms with Crippen LogP contribution < -0.4 is 11.1 Å². The summed E-state index contributed by atoms with van der Waals surface area (Å²) in [5.74, 6) is 0.194. The lowest BCUT2D eigenvalue weighted by Gasteiger charge is -2.43. The number of ether oxygens (including phenoxy) is 2. The first-order valence-corrected chi connectivity index (χ1v) is 18.7. The van der Waals surface area contributed by atoms with Crippen LogP contribution in [0.2, 0.25) is 0 Å². The second-order valence-electron chi connectivity index (χ2n) is 15.4. The lowest BCUT2D eigenvalue weighted by molar-refractivity contribution is -0.143. The SMILES string of the molecule is Cc1cc(CC(OC(=O)N2CCC(N3CCc4ccccc4NC3=O)CC2)C(=O)N2CCN(C3CCN(C(=O)OC(C)(C)C)CC3)CC2)cnc1N. The average Bonchev–Trinajstić information content (AvgIpc) is 3.30. The van der Waals surface area contributed by atoms with Crippen LogP contribution in [-0.2, 0) is 27.1 Å². The normalized spacial score (nSPS) is 20.1. The van der Waals surface area contributed by atoms with E-state index < -0.39 is 17.8 Å². The highest BCUT2D eigenvalue weighted by molar-refractivity contribution is 5.91. The number of rotatable bonds is 6. The maximum Gasteiger partial charge on any atom is 0.410 e. The van der Waals surface area contributed by atoms with Gasteiger partial charge in [0, 0.05) is 89.3 Å². The standard InChI is InChI=1S/C38H54N8O6/c1-26-23-27(25-40-33(26)39)24-32(34(47)43-21-19-42(20-22-43)29-10-14-45(15-11-29)37(50)52-38(2,3)4)51-36(49)44-16-12-30(13-17-44)46-18-9-28-7-5-6-8-31(28)41-35(46)48/h5-8,23,25,29-30,32H,9-22,24H2,1-4H3,(H2,39,40)(H,41,48). The molecule has 14 nitrogen and oxygen atoms in total. The number of carbonyl (C=O) groups excluding carboxylic acids is 4. The van der Waals surface area contributed by atoms with Crippen LogP contribution >= 0.6 is 0 Å². The number of benzene rings is 1. The number of hydrogen-bond donors (Lipinski definition) is 2. The van der Waals surface area contributed by atoms with Crippen LogP contribution in [0.15, 0.2) is 36.5 Å². The number of nitrogens with zero attached hydrogens (tertiary/aromatic N) is 6. The van der Waals surface area contributed by atoms with Crippen molar-refractivity contribution in [1.29, 1.82) is 0 Å². The summed E-state index contributed by atoms with van der Waals surface area (Å²) in [6, 6.07) is 9.96. The molecule has 1 atom stereocenters. The van der Waals surface area contributed by atoms with E-state index in [0.29, 0.717) is 83.6 Å². The molecule has 1 aromatic carbocycles. The number of piperidine rings is 2. The summed E-state index contributed by atoms with van der Waals surface area (Å²) in [5.41, 5.74) is 8.96. The second kappa shape index (κ2) is 16.0. The summed E-state index contributed by atoms with van der Waals surface area (Å²) >= 11 is 0. The Morgan fingerprint density at radius 2 is 1.52 bits per heavy atom. The Labute approximate surface area is 306 Å². The van der Waals surface area contributed by atoms with Gasteiger partial charge in [0.1, 0.15) is 11.4 Å². The Morgan fingerprint density at radius 3 is 2.17 bits per heavy atom. The minimum absolute atomic E-state index is 0.000427. The number of aryl methyl sites for hydroxylation is 1. The van der Waals surface area contributed by atoms with Gasteiger partial charge in [-0.25, -0.2) is 19.4 Å². The Kier molecular flexibility index (Phi) is 11.4. The number of fused-ring (bicyclic) bond motifs is 1. The summed E-state index contributed by atoms with van der Waals surface area (Å²) in [6.45, 7) is 12.7. The second-order valence-corrected chi connectivity index (χ2v) is 15.4. The van der Waals surface area contributed by atoms with Gasteiger partial charge in [0.15, 0.2) is 6.10 Å². The Bertz CT molecular complexity index is 1610. The minimum atomic E-state index is -1.02. The van der Waals surface area contributed by atoms with E-state index >= 15 is 0 Å². The van der Waals surface area contributed by atoms with Gasteiger partial charge in [-0.3, -0.25) is 9.69 Å². The third-order valence-electron chi connectivity index (χ3n) is 10.7. The molecule has 4 aliphatic rings. The zero-order chi connectivity index (χ0) is 37.0. The molecule has 3 N–H and O–H groups in total. The molecule has 2 aromatic rings. The number of anilines is 2. The van der Waals surface area contributed by atoms with Gasteiger partial charge in [0.25, 0.3) is 5.91 Å². The average molecular weight is 719 g/mol. The van der Waals surface area contributed by atoms with Crippen molar-refractivity contribution < 1.29 is 28.7 Å². The number of carbonyl (C=O) groups is 4. The number of hydrogen-bond acceptors (Lipinski definition) is 9. The van der Waals surface area contributed by atoms with Crippen molar-refractivity contribution in [3.8, 4) is 0 Å². The molecule has 0 aliphatic carbocycles. The molecule has 4 aliphatic heterocycles. The van der Waals surface area contributed by atoms with Gasteiger partial charge in [-0.05, 0) is 82.6 Å². The molecule has 0 radical (unpaired) electrons. The molecule has 14 heteroatoms. The number of nitrogens with two attached hydrogens (primary N) is 1. The molecule has 3 saturated heterocycles. The molecular formula is C38H54N8O6. The highest BCUT2D eigenvalue weighted by atomic mass is 16.6. The summed E-state index contributed by atoms with van der Waals surface area (Å²) < 4.78 is 11.6. The summed E-state index contributed by atoms with van der Waals surface area (Å²) in [4.78, 5) is 67.1. The number of nitrogens with one attached hydrogen (secondary N) is 1. The van der Waals surface area contributed by atoms with Crippen molar-refractivity contribution >= 4 is 35.6 Å². The van der Waals surface area contributed by atoms with E-state index in [4.69, 9.17) is 15.2 Å². The molecule has 282 valence electrons. The molecule has 3 fully saturated rings. The number of nitrogen functional groups attached to an aromatic ring is 1. The number of amides is 5. The fourth-order valence-electron chi connectivity index (χ4n) is 7.69. The van der Waals surface area contributed by atoms with E-state index in [1.807, 2.05) is 62.9 Å². The summed E-state index contributed by atoms with van der Waals surface area (Å²) in [6.07, 6.45) is 3.72. The molecule has 5 heterocycles. The van der Waals surface area contributed by atoms with E-state index in [9.17, 15) is 19.2 Å². The lowest BCUT2D eigenvalue weighted by Crippen LogP contribution is -2.57. The number of urea groups is 1. The number of piperazine rings is 1. The molecule has 1 unspecified atom stereocenters. The lowest BCUT2D eigenvalue weighted by atomic mass is 10.0. The molecule has 0 spiro atoms. The van der Waals surface area contributed by atoms with Crippen LogP contribution in [0.1, 0.15) is 63.1 Å². The monoisotopic (exact) mass is 718 g/mol. The minimum Gasteiger partial charge on any atom is -0.444 e. The molecular weight excluding hydrogens is 664 g/mol. The predicted octanol–water partition coefficient (Wildman–Crippen LogP) is 4.12. The van der Waals surface area contributed by atoms with Crippen LogP contribution in [0.5, 0.6) is 0 Å². The smallest absolute Gasteiger partial charge is 0.410 e.